The van der Waals surface area contributed by atoms with Crippen LogP contribution in [0.4, 0.5) is 4.79 Å². The van der Waals surface area contributed by atoms with Gasteiger partial charge in [0.15, 0.2) is 0 Å². The molecule has 0 fully saturated rings. The quantitative estimate of drug-likeness (QED) is 0.599. The molecule has 2 amide bonds. The van der Waals surface area contributed by atoms with Gasteiger partial charge in [-0.1, -0.05) is 0 Å². The molecule has 0 unspecified atom stereocenters. The predicted octanol–water partition coefficient (Wildman–Crippen LogP) is -0.803. The largest absolute Gasteiger partial charge is 0.337 e. The standard InChI is InChI=1S/C7H17N3O3S/c1-4-10(2)7(11)8-5-6-9-14(3,12)13/h9H,4-6H2,1-3H3,(H,8,11). The Morgan fingerprint density at radius 3 is 2.36 bits per heavy atom. The van der Waals surface area contributed by atoms with Crippen LogP contribution in [-0.2, 0) is 10.0 Å². The van der Waals surface area contributed by atoms with E-state index < -0.39 is 10.0 Å². The Bertz CT molecular complexity index is 276. The summed E-state index contributed by atoms with van der Waals surface area (Å²) in [4.78, 5) is 12.6. The van der Waals surface area contributed by atoms with Gasteiger partial charge in [-0.25, -0.2) is 17.9 Å². The molecule has 7 heteroatoms. The zero-order chi connectivity index (χ0) is 11.2. The molecule has 0 aromatic heterocycles. The first kappa shape index (κ1) is 13.2. The fraction of sp³-hybridized carbons (Fsp3) is 0.857. The smallest absolute Gasteiger partial charge is 0.317 e. The molecule has 0 aliphatic heterocycles. The van der Waals surface area contributed by atoms with Crippen molar-refractivity contribution in [1.82, 2.24) is 14.9 Å². The second kappa shape index (κ2) is 5.82. The Hall–Kier alpha value is -0.820. The van der Waals surface area contributed by atoms with Crippen molar-refractivity contribution >= 4 is 16.1 Å². The molecule has 84 valence electrons. The van der Waals surface area contributed by atoms with E-state index in [0.717, 1.165) is 6.26 Å². The second-order valence-electron chi connectivity index (χ2n) is 2.91. The van der Waals surface area contributed by atoms with E-state index in [1.54, 1.807) is 7.05 Å². The molecule has 0 spiro atoms. The van der Waals surface area contributed by atoms with Crippen LogP contribution < -0.4 is 10.0 Å². The van der Waals surface area contributed by atoms with E-state index in [1.807, 2.05) is 6.92 Å². The molecule has 6 nitrogen and oxygen atoms in total. The van der Waals surface area contributed by atoms with E-state index in [1.165, 1.54) is 4.90 Å². The minimum atomic E-state index is -3.16. The second-order valence-corrected chi connectivity index (χ2v) is 4.75. The topological polar surface area (TPSA) is 78.5 Å². The van der Waals surface area contributed by atoms with Gasteiger partial charge >= 0.3 is 6.03 Å². The number of hydrogen-bond donors (Lipinski definition) is 2. The maximum absolute atomic E-state index is 11.1. The molecule has 0 aromatic carbocycles. The molecular formula is C7H17N3O3S. The van der Waals surface area contributed by atoms with E-state index in [0.29, 0.717) is 6.54 Å². The fourth-order valence-electron chi connectivity index (χ4n) is 0.684. The molecule has 2 N–H and O–H groups in total. The summed E-state index contributed by atoms with van der Waals surface area (Å²) >= 11 is 0. The van der Waals surface area contributed by atoms with E-state index >= 15 is 0 Å². The molecule has 0 radical (unpaired) electrons. The first-order valence-electron chi connectivity index (χ1n) is 4.30. The highest BCUT2D eigenvalue weighted by atomic mass is 32.2. The number of amides is 2. The van der Waals surface area contributed by atoms with Gasteiger partial charge in [-0.05, 0) is 6.92 Å². The van der Waals surface area contributed by atoms with Crippen molar-refractivity contribution in [2.75, 3.05) is 32.9 Å². The minimum absolute atomic E-state index is 0.206. The van der Waals surface area contributed by atoms with Crippen molar-refractivity contribution in [2.24, 2.45) is 0 Å². The van der Waals surface area contributed by atoms with Crippen LogP contribution in [0.1, 0.15) is 6.92 Å². The Kier molecular flexibility index (Phi) is 5.47. The summed E-state index contributed by atoms with van der Waals surface area (Å²) in [6.07, 6.45) is 1.08. The summed E-state index contributed by atoms with van der Waals surface area (Å²) < 4.78 is 23.5. The molecule has 14 heavy (non-hydrogen) atoms. The third kappa shape index (κ3) is 6.67. The van der Waals surface area contributed by atoms with Crippen LogP contribution >= 0.6 is 0 Å². The molecule has 0 aliphatic rings. The number of carbonyl (C=O) groups is 1. The van der Waals surface area contributed by atoms with E-state index in [9.17, 15) is 13.2 Å². The van der Waals surface area contributed by atoms with E-state index in [-0.39, 0.29) is 19.1 Å². The molecule has 0 saturated heterocycles. The van der Waals surface area contributed by atoms with Gasteiger partial charge in [0.05, 0.1) is 6.26 Å². The number of carbonyl (C=O) groups excluding carboxylic acids is 1. The number of hydrogen-bond acceptors (Lipinski definition) is 3. The summed E-state index contributed by atoms with van der Waals surface area (Å²) in [6, 6.07) is -0.206. The molecule has 0 aromatic rings. The van der Waals surface area contributed by atoms with Gasteiger partial charge < -0.3 is 10.2 Å². The van der Waals surface area contributed by atoms with E-state index in [2.05, 4.69) is 10.0 Å². The van der Waals surface area contributed by atoms with Gasteiger partial charge in [0.1, 0.15) is 0 Å². The Balaban J connectivity index is 3.61. The molecule has 0 saturated carbocycles. The summed E-state index contributed by atoms with van der Waals surface area (Å²) in [5.74, 6) is 0. The Morgan fingerprint density at radius 1 is 1.36 bits per heavy atom. The van der Waals surface area contributed by atoms with Crippen LogP contribution in [0.25, 0.3) is 0 Å². The van der Waals surface area contributed by atoms with E-state index in [4.69, 9.17) is 0 Å². The average molecular weight is 223 g/mol. The molecule has 0 heterocycles. The molecule has 0 aliphatic carbocycles. The number of rotatable bonds is 5. The van der Waals surface area contributed by atoms with Crippen molar-refractivity contribution in [2.45, 2.75) is 6.92 Å². The monoisotopic (exact) mass is 223 g/mol. The number of nitrogens with zero attached hydrogens (tertiary/aromatic N) is 1. The van der Waals surface area contributed by atoms with Crippen LogP contribution in [0.2, 0.25) is 0 Å². The first-order valence-corrected chi connectivity index (χ1v) is 6.19. The van der Waals surface area contributed by atoms with Crippen LogP contribution in [0, 0.1) is 0 Å². The summed E-state index contributed by atoms with van der Waals surface area (Å²) in [6.45, 7) is 2.97. The SMILES string of the molecule is CCN(C)C(=O)NCCNS(C)(=O)=O. The number of sulfonamides is 1. The van der Waals surface area contributed by atoms with Gasteiger partial charge in [0, 0.05) is 26.7 Å². The third-order valence-corrected chi connectivity index (χ3v) is 2.32. The van der Waals surface area contributed by atoms with Crippen LogP contribution in [0.5, 0.6) is 0 Å². The minimum Gasteiger partial charge on any atom is -0.337 e. The number of nitrogens with one attached hydrogen (secondary N) is 2. The lowest BCUT2D eigenvalue weighted by atomic mass is 10.6. The predicted molar refractivity (Wildman–Crippen MR) is 54.5 cm³/mol. The number of urea groups is 1. The van der Waals surface area contributed by atoms with Gasteiger partial charge in [0.25, 0.3) is 0 Å². The van der Waals surface area contributed by atoms with Crippen molar-refractivity contribution in [3.8, 4) is 0 Å². The van der Waals surface area contributed by atoms with Crippen molar-refractivity contribution < 1.29 is 13.2 Å². The highest BCUT2D eigenvalue weighted by Gasteiger charge is 2.04. The fourth-order valence-corrected chi connectivity index (χ4v) is 1.16. The van der Waals surface area contributed by atoms with Crippen LogP contribution in [0.3, 0.4) is 0 Å². The lowest BCUT2D eigenvalue weighted by Gasteiger charge is -2.15. The van der Waals surface area contributed by atoms with Crippen molar-refractivity contribution in [3.05, 3.63) is 0 Å². The first-order chi connectivity index (χ1) is 6.37. The van der Waals surface area contributed by atoms with Crippen molar-refractivity contribution in [1.29, 1.82) is 0 Å². The van der Waals surface area contributed by atoms with Gasteiger partial charge in [0.2, 0.25) is 10.0 Å². The maximum Gasteiger partial charge on any atom is 0.317 e. The molecule has 0 atom stereocenters. The Morgan fingerprint density at radius 2 is 1.93 bits per heavy atom. The Labute approximate surface area is 84.7 Å². The van der Waals surface area contributed by atoms with Gasteiger partial charge in [-0.2, -0.15) is 0 Å². The zero-order valence-corrected chi connectivity index (χ0v) is 9.52. The summed E-state index contributed by atoms with van der Waals surface area (Å²) in [7, 11) is -1.50. The molecule has 0 rings (SSSR count). The van der Waals surface area contributed by atoms with Crippen LogP contribution in [0.15, 0.2) is 0 Å². The maximum atomic E-state index is 11.1. The molecule has 0 bridgehead atoms. The summed E-state index contributed by atoms with van der Waals surface area (Å²) in [5, 5.41) is 2.57. The average Bonchev–Trinajstić information content (AvgIpc) is 2.09. The lowest BCUT2D eigenvalue weighted by Crippen LogP contribution is -2.40. The normalized spacial score (nSPS) is 11.1. The zero-order valence-electron chi connectivity index (χ0n) is 8.70. The van der Waals surface area contributed by atoms with Gasteiger partial charge in [-0.15, -0.1) is 0 Å². The molecular weight excluding hydrogens is 206 g/mol. The highest BCUT2D eigenvalue weighted by Crippen LogP contribution is 1.81. The van der Waals surface area contributed by atoms with Gasteiger partial charge in [-0.3, -0.25) is 0 Å². The summed E-state index contributed by atoms with van der Waals surface area (Å²) in [5.41, 5.74) is 0. The van der Waals surface area contributed by atoms with Crippen LogP contribution in [-0.4, -0.2) is 52.3 Å². The third-order valence-electron chi connectivity index (χ3n) is 1.59. The highest BCUT2D eigenvalue weighted by molar-refractivity contribution is 7.88. The van der Waals surface area contributed by atoms with Crippen molar-refractivity contribution in [3.63, 3.8) is 0 Å². The lowest BCUT2D eigenvalue weighted by molar-refractivity contribution is 0.211.